The fourth-order valence-electron chi connectivity index (χ4n) is 2.88. The van der Waals surface area contributed by atoms with E-state index < -0.39 is 0 Å². The van der Waals surface area contributed by atoms with Gasteiger partial charge in [0.2, 0.25) is 0 Å². The van der Waals surface area contributed by atoms with E-state index in [2.05, 4.69) is 60.0 Å². The van der Waals surface area contributed by atoms with Gasteiger partial charge in [0.15, 0.2) is 0 Å². The SMILES string of the molecule is Cc1ccc(Nc2c(-c3cccc(Cl)c3)nc3cc(C)ccn23)cc1. The van der Waals surface area contributed by atoms with Crippen LogP contribution in [-0.4, -0.2) is 9.38 Å². The van der Waals surface area contributed by atoms with Gasteiger partial charge in [0.05, 0.1) is 0 Å². The molecule has 0 aliphatic heterocycles. The normalized spacial score (nSPS) is 11.0. The molecule has 25 heavy (non-hydrogen) atoms. The third-order valence-electron chi connectivity index (χ3n) is 4.19. The summed E-state index contributed by atoms with van der Waals surface area (Å²) < 4.78 is 2.07. The van der Waals surface area contributed by atoms with Crippen molar-refractivity contribution in [3.05, 3.63) is 83.0 Å². The number of aryl methyl sites for hydroxylation is 2. The number of benzene rings is 2. The molecule has 4 rings (SSSR count). The first-order valence-corrected chi connectivity index (χ1v) is 8.56. The van der Waals surface area contributed by atoms with Crippen molar-refractivity contribution in [3.63, 3.8) is 0 Å². The molecule has 2 aromatic carbocycles. The zero-order valence-electron chi connectivity index (χ0n) is 14.1. The quantitative estimate of drug-likeness (QED) is 0.491. The van der Waals surface area contributed by atoms with Crippen LogP contribution in [0.4, 0.5) is 11.5 Å². The van der Waals surface area contributed by atoms with Gasteiger partial charge in [-0.05, 0) is 55.8 Å². The fraction of sp³-hybridized carbons (Fsp3) is 0.0952. The Morgan fingerprint density at radius 3 is 2.48 bits per heavy atom. The van der Waals surface area contributed by atoms with Crippen molar-refractivity contribution in [1.82, 2.24) is 9.38 Å². The molecule has 4 aromatic rings. The van der Waals surface area contributed by atoms with Gasteiger partial charge < -0.3 is 5.32 Å². The number of pyridine rings is 1. The highest BCUT2D eigenvalue weighted by Gasteiger charge is 2.15. The third-order valence-corrected chi connectivity index (χ3v) is 4.43. The largest absolute Gasteiger partial charge is 0.339 e. The predicted molar refractivity (Wildman–Crippen MR) is 105 cm³/mol. The summed E-state index contributed by atoms with van der Waals surface area (Å²) in [6.07, 6.45) is 2.04. The van der Waals surface area contributed by atoms with Gasteiger partial charge in [-0.15, -0.1) is 0 Å². The van der Waals surface area contributed by atoms with Crippen molar-refractivity contribution >= 4 is 28.8 Å². The molecule has 0 saturated carbocycles. The highest BCUT2D eigenvalue weighted by Crippen LogP contribution is 2.32. The Labute approximate surface area is 151 Å². The van der Waals surface area contributed by atoms with E-state index in [1.54, 1.807) is 0 Å². The molecular formula is C21H18ClN3. The second kappa shape index (κ2) is 6.26. The second-order valence-electron chi connectivity index (χ2n) is 6.24. The van der Waals surface area contributed by atoms with Gasteiger partial charge in [-0.25, -0.2) is 4.98 Å². The van der Waals surface area contributed by atoms with E-state index in [0.717, 1.165) is 28.4 Å². The predicted octanol–water partition coefficient (Wildman–Crippen LogP) is 6.02. The van der Waals surface area contributed by atoms with E-state index in [1.807, 2.05) is 30.5 Å². The summed E-state index contributed by atoms with van der Waals surface area (Å²) in [6, 6.07) is 20.3. The van der Waals surface area contributed by atoms with Crippen LogP contribution in [0.3, 0.4) is 0 Å². The van der Waals surface area contributed by atoms with Crippen LogP contribution in [0.5, 0.6) is 0 Å². The number of nitrogens with one attached hydrogen (secondary N) is 1. The van der Waals surface area contributed by atoms with Gasteiger partial charge >= 0.3 is 0 Å². The first kappa shape index (κ1) is 15.7. The number of hydrogen-bond donors (Lipinski definition) is 1. The Kier molecular flexibility index (Phi) is 3.94. The highest BCUT2D eigenvalue weighted by molar-refractivity contribution is 6.30. The Morgan fingerprint density at radius 2 is 1.72 bits per heavy atom. The molecule has 4 heteroatoms. The summed E-state index contributed by atoms with van der Waals surface area (Å²) in [6.45, 7) is 4.15. The summed E-state index contributed by atoms with van der Waals surface area (Å²) in [4.78, 5) is 4.84. The zero-order chi connectivity index (χ0) is 17.4. The van der Waals surface area contributed by atoms with E-state index in [-0.39, 0.29) is 0 Å². The Balaban J connectivity index is 1.90. The maximum Gasteiger partial charge on any atom is 0.143 e. The summed E-state index contributed by atoms with van der Waals surface area (Å²) in [5, 5.41) is 4.22. The fourth-order valence-corrected chi connectivity index (χ4v) is 3.07. The van der Waals surface area contributed by atoms with Gasteiger partial charge in [0.25, 0.3) is 0 Å². The van der Waals surface area contributed by atoms with Gasteiger partial charge in [-0.2, -0.15) is 0 Å². The second-order valence-corrected chi connectivity index (χ2v) is 6.68. The Bertz CT molecular complexity index is 1050. The van der Waals surface area contributed by atoms with Gasteiger partial charge in [0.1, 0.15) is 17.2 Å². The van der Waals surface area contributed by atoms with E-state index in [9.17, 15) is 0 Å². The average Bonchev–Trinajstić information content (AvgIpc) is 2.94. The molecule has 0 fully saturated rings. The van der Waals surface area contributed by atoms with E-state index in [0.29, 0.717) is 5.02 Å². The van der Waals surface area contributed by atoms with Crippen LogP contribution < -0.4 is 5.32 Å². The van der Waals surface area contributed by atoms with Crippen molar-refractivity contribution < 1.29 is 0 Å². The summed E-state index contributed by atoms with van der Waals surface area (Å²) in [5.41, 5.74) is 6.21. The molecule has 0 spiro atoms. The third kappa shape index (κ3) is 3.11. The molecule has 124 valence electrons. The van der Waals surface area contributed by atoms with Crippen molar-refractivity contribution in [2.24, 2.45) is 0 Å². The van der Waals surface area contributed by atoms with E-state index >= 15 is 0 Å². The Hall–Kier alpha value is -2.78. The summed E-state index contributed by atoms with van der Waals surface area (Å²) in [7, 11) is 0. The molecule has 0 unspecified atom stereocenters. The number of rotatable bonds is 3. The molecule has 2 aromatic heterocycles. The van der Waals surface area contributed by atoms with Gasteiger partial charge in [0, 0.05) is 22.5 Å². The molecule has 0 amide bonds. The van der Waals surface area contributed by atoms with Crippen molar-refractivity contribution in [3.8, 4) is 11.3 Å². The van der Waals surface area contributed by atoms with Crippen LogP contribution in [0, 0.1) is 13.8 Å². The lowest BCUT2D eigenvalue weighted by atomic mass is 10.1. The number of imidazole rings is 1. The van der Waals surface area contributed by atoms with Crippen LogP contribution >= 0.6 is 11.6 Å². The lowest BCUT2D eigenvalue weighted by Gasteiger charge is -2.09. The van der Waals surface area contributed by atoms with E-state index in [1.165, 1.54) is 11.1 Å². The molecule has 0 radical (unpaired) electrons. The minimum Gasteiger partial charge on any atom is -0.339 e. The lowest BCUT2D eigenvalue weighted by Crippen LogP contribution is -1.97. The van der Waals surface area contributed by atoms with Gasteiger partial charge in [-0.1, -0.05) is 41.4 Å². The number of aromatic nitrogens is 2. The summed E-state index contributed by atoms with van der Waals surface area (Å²) >= 11 is 6.19. The Morgan fingerprint density at radius 1 is 0.920 bits per heavy atom. The molecular weight excluding hydrogens is 330 g/mol. The van der Waals surface area contributed by atoms with Gasteiger partial charge in [-0.3, -0.25) is 4.40 Å². The molecule has 0 saturated heterocycles. The van der Waals surface area contributed by atoms with Crippen LogP contribution in [-0.2, 0) is 0 Å². The standard InChI is InChI=1S/C21H18ClN3/c1-14-6-8-18(9-7-14)23-21-20(16-4-3-5-17(22)13-16)24-19-12-15(2)10-11-25(19)21/h3-13,23H,1-2H3. The average molecular weight is 348 g/mol. The lowest BCUT2D eigenvalue weighted by molar-refractivity contribution is 1.17. The topological polar surface area (TPSA) is 29.3 Å². The van der Waals surface area contributed by atoms with Crippen LogP contribution in [0.1, 0.15) is 11.1 Å². The zero-order valence-corrected chi connectivity index (χ0v) is 14.9. The number of anilines is 2. The molecule has 2 heterocycles. The molecule has 0 aliphatic rings. The molecule has 3 nitrogen and oxygen atoms in total. The molecule has 0 aliphatic carbocycles. The van der Waals surface area contributed by atoms with Crippen molar-refractivity contribution in [2.45, 2.75) is 13.8 Å². The maximum atomic E-state index is 6.19. The highest BCUT2D eigenvalue weighted by atomic mass is 35.5. The number of nitrogens with zero attached hydrogens (tertiary/aromatic N) is 2. The first-order valence-electron chi connectivity index (χ1n) is 8.18. The van der Waals surface area contributed by atoms with Crippen molar-refractivity contribution in [1.29, 1.82) is 0 Å². The van der Waals surface area contributed by atoms with E-state index in [4.69, 9.17) is 16.6 Å². The maximum absolute atomic E-state index is 6.19. The van der Waals surface area contributed by atoms with Crippen LogP contribution in [0.2, 0.25) is 5.02 Å². The number of hydrogen-bond acceptors (Lipinski definition) is 2. The number of halogens is 1. The summed E-state index contributed by atoms with van der Waals surface area (Å²) in [5.74, 6) is 0.932. The molecule has 1 N–H and O–H groups in total. The van der Waals surface area contributed by atoms with Crippen LogP contribution in [0.25, 0.3) is 16.9 Å². The first-order chi connectivity index (χ1) is 12.1. The van der Waals surface area contributed by atoms with Crippen LogP contribution in [0.15, 0.2) is 66.9 Å². The molecule has 0 bridgehead atoms. The number of fused-ring (bicyclic) bond motifs is 1. The van der Waals surface area contributed by atoms with Crippen molar-refractivity contribution in [2.75, 3.05) is 5.32 Å². The smallest absolute Gasteiger partial charge is 0.143 e. The minimum atomic E-state index is 0.701. The minimum absolute atomic E-state index is 0.701. The monoisotopic (exact) mass is 347 g/mol. The molecule has 0 atom stereocenters.